The molecule has 23 heavy (non-hydrogen) atoms. The third-order valence-electron chi connectivity index (χ3n) is 4.86. The highest BCUT2D eigenvalue weighted by molar-refractivity contribution is 6.28. The van der Waals surface area contributed by atoms with E-state index in [1.807, 2.05) is 0 Å². The lowest BCUT2D eigenvalue weighted by Crippen LogP contribution is -2.46. The molecule has 2 aromatic heterocycles. The summed E-state index contributed by atoms with van der Waals surface area (Å²) in [6.45, 7) is 3.88. The van der Waals surface area contributed by atoms with Gasteiger partial charge >= 0.3 is 0 Å². The number of anilines is 1. The maximum atomic E-state index is 5.99. The predicted octanol–water partition coefficient (Wildman–Crippen LogP) is 1.83. The SMILES string of the molecule is Clc1nc(NC2CCC(N3CCOCC3)CC2)c2cncn2n1. The fourth-order valence-electron chi connectivity index (χ4n) is 3.63. The molecule has 1 aliphatic heterocycles. The number of aromatic nitrogens is 4. The van der Waals surface area contributed by atoms with Crippen molar-refractivity contribution in [3.05, 3.63) is 17.8 Å². The number of imidazole rings is 1. The standard InChI is InChI=1S/C15H21ClN6O/c16-15-19-14(13-9-17-10-22(13)20-15)18-11-1-3-12(4-2-11)21-5-7-23-8-6-21/h9-12H,1-8H2,(H,18,19,20). The van der Waals surface area contributed by atoms with E-state index in [0.717, 1.165) is 50.5 Å². The Labute approximate surface area is 140 Å². The summed E-state index contributed by atoms with van der Waals surface area (Å²) < 4.78 is 7.11. The van der Waals surface area contributed by atoms with Crippen LogP contribution in [0.15, 0.2) is 12.5 Å². The summed E-state index contributed by atoms with van der Waals surface area (Å²) in [5.74, 6) is 0.775. The summed E-state index contributed by atoms with van der Waals surface area (Å²) in [6.07, 6.45) is 8.12. The van der Waals surface area contributed by atoms with Crippen LogP contribution in [0.3, 0.4) is 0 Å². The monoisotopic (exact) mass is 336 g/mol. The van der Waals surface area contributed by atoms with Crippen LogP contribution in [0, 0.1) is 0 Å². The zero-order valence-electron chi connectivity index (χ0n) is 13.0. The van der Waals surface area contributed by atoms with Gasteiger partial charge in [0.05, 0.1) is 19.4 Å². The smallest absolute Gasteiger partial charge is 0.243 e. The highest BCUT2D eigenvalue weighted by Crippen LogP contribution is 2.27. The van der Waals surface area contributed by atoms with E-state index in [0.29, 0.717) is 12.1 Å². The zero-order valence-corrected chi connectivity index (χ0v) is 13.7. The van der Waals surface area contributed by atoms with Crippen molar-refractivity contribution in [2.24, 2.45) is 0 Å². The van der Waals surface area contributed by atoms with Crippen molar-refractivity contribution < 1.29 is 4.74 Å². The largest absolute Gasteiger partial charge is 0.379 e. The Morgan fingerprint density at radius 3 is 2.74 bits per heavy atom. The van der Waals surface area contributed by atoms with Gasteiger partial charge in [0.2, 0.25) is 5.28 Å². The molecule has 2 aliphatic rings. The van der Waals surface area contributed by atoms with E-state index in [4.69, 9.17) is 16.3 Å². The van der Waals surface area contributed by atoms with Crippen molar-refractivity contribution in [2.75, 3.05) is 31.6 Å². The van der Waals surface area contributed by atoms with Gasteiger partial charge in [0.15, 0.2) is 5.82 Å². The van der Waals surface area contributed by atoms with E-state index in [2.05, 4.69) is 25.3 Å². The number of hydrogen-bond donors (Lipinski definition) is 1. The van der Waals surface area contributed by atoms with Gasteiger partial charge in [0.1, 0.15) is 11.8 Å². The second-order valence-electron chi connectivity index (χ2n) is 6.25. The zero-order chi connectivity index (χ0) is 15.6. The first-order valence-corrected chi connectivity index (χ1v) is 8.61. The quantitative estimate of drug-likeness (QED) is 0.922. The van der Waals surface area contributed by atoms with Crippen molar-refractivity contribution in [3.63, 3.8) is 0 Å². The number of rotatable bonds is 3. The fourth-order valence-corrected chi connectivity index (χ4v) is 3.79. The van der Waals surface area contributed by atoms with E-state index < -0.39 is 0 Å². The molecule has 2 fully saturated rings. The van der Waals surface area contributed by atoms with E-state index in [9.17, 15) is 0 Å². The van der Waals surface area contributed by atoms with Crippen LogP contribution < -0.4 is 5.32 Å². The second-order valence-corrected chi connectivity index (χ2v) is 6.59. The van der Waals surface area contributed by atoms with E-state index in [1.54, 1.807) is 17.0 Å². The van der Waals surface area contributed by atoms with Gasteiger partial charge in [0, 0.05) is 25.2 Å². The predicted molar refractivity (Wildman–Crippen MR) is 87.9 cm³/mol. The van der Waals surface area contributed by atoms with E-state index in [-0.39, 0.29) is 5.28 Å². The molecule has 7 nitrogen and oxygen atoms in total. The number of morpholine rings is 1. The molecular weight excluding hydrogens is 316 g/mol. The van der Waals surface area contributed by atoms with Crippen molar-refractivity contribution in [2.45, 2.75) is 37.8 Å². The Balaban J connectivity index is 1.39. The molecule has 0 aromatic carbocycles. The molecule has 1 N–H and O–H groups in total. The summed E-state index contributed by atoms with van der Waals surface area (Å²) in [7, 11) is 0. The van der Waals surface area contributed by atoms with Crippen molar-refractivity contribution >= 4 is 22.9 Å². The fraction of sp³-hybridized carbons (Fsp3) is 0.667. The number of hydrogen-bond acceptors (Lipinski definition) is 6. The summed E-state index contributed by atoms with van der Waals surface area (Å²) in [4.78, 5) is 11.0. The molecule has 4 rings (SSSR count). The lowest BCUT2D eigenvalue weighted by atomic mass is 9.90. The van der Waals surface area contributed by atoms with Crippen LogP contribution in [-0.4, -0.2) is 62.9 Å². The van der Waals surface area contributed by atoms with Crippen LogP contribution in [0.2, 0.25) is 5.28 Å². The molecule has 0 spiro atoms. The maximum Gasteiger partial charge on any atom is 0.243 e. The second kappa shape index (κ2) is 6.59. The number of fused-ring (bicyclic) bond motifs is 1. The molecule has 1 saturated heterocycles. The number of halogens is 1. The molecular formula is C15H21ClN6O. The summed E-state index contributed by atoms with van der Waals surface area (Å²) in [5, 5.41) is 7.88. The average Bonchev–Trinajstić information content (AvgIpc) is 3.05. The van der Waals surface area contributed by atoms with Gasteiger partial charge in [-0.05, 0) is 37.3 Å². The van der Waals surface area contributed by atoms with Crippen LogP contribution in [0.4, 0.5) is 5.82 Å². The summed E-state index contributed by atoms with van der Waals surface area (Å²) >= 11 is 5.99. The minimum Gasteiger partial charge on any atom is -0.379 e. The van der Waals surface area contributed by atoms with Gasteiger partial charge < -0.3 is 10.1 Å². The highest BCUT2D eigenvalue weighted by atomic mass is 35.5. The Hall–Kier alpha value is -1.44. The topological polar surface area (TPSA) is 67.6 Å². The molecule has 0 bridgehead atoms. The van der Waals surface area contributed by atoms with Gasteiger partial charge in [-0.25, -0.2) is 9.50 Å². The summed E-state index contributed by atoms with van der Waals surface area (Å²) in [5.41, 5.74) is 0.865. The van der Waals surface area contributed by atoms with Gasteiger partial charge in [-0.15, -0.1) is 5.10 Å². The van der Waals surface area contributed by atoms with Crippen LogP contribution in [0.1, 0.15) is 25.7 Å². The molecule has 124 valence electrons. The lowest BCUT2D eigenvalue weighted by molar-refractivity contribution is 0.00791. The first kappa shape index (κ1) is 15.1. The molecule has 0 atom stereocenters. The van der Waals surface area contributed by atoms with Gasteiger partial charge in [-0.1, -0.05) is 0 Å². The molecule has 1 aliphatic carbocycles. The third-order valence-corrected chi connectivity index (χ3v) is 5.02. The molecule has 0 amide bonds. The average molecular weight is 337 g/mol. The lowest BCUT2D eigenvalue weighted by Gasteiger charge is -2.39. The molecule has 0 radical (unpaired) electrons. The molecule has 8 heteroatoms. The third kappa shape index (κ3) is 3.27. The number of ether oxygens (including phenoxy) is 1. The van der Waals surface area contributed by atoms with Gasteiger partial charge in [0.25, 0.3) is 0 Å². The van der Waals surface area contributed by atoms with Crippen molar-refractivity contribution in [3.8, 4) is 0 Å². The molecule has 1 saturated carbocycles. The Kier molecular flexibility index (Phi) is 4.33. The van der Waals surface area contributed by atoms with Gasteiger partial charge in [-0.2, -0.15) is 4.98 Å². The molecule has 3 heterocycles. The summed E-state index contributed by atoms with van der Waals surface area (Å²) in [6, 6.07) is 1.12. The maximum absolute atomic E-state index is 5.99. The minimum absolute atomic E-state index is 0.236. The minimum atomic E-state index is 0.236. The van der Waals surface area contributed by atoms with Crippen LogP contribution in [0.5, 0.6) is 0 Å². The first-order valence-electron chi connectivity index (χ1n) is 8.24. The Morgan fingerprint density at radius 1 is 1.17 bits per heavy atom. The molecule has 0 unspecified atom stereocenters. The normalized spacial score (nSPS) is 26.5. The number of nitrogens with one attached hydrogen (secondary N) is 1. The Morgan fingerprint density at radius 2 is 1.96 bits per heavy atom. The van der Waals surface area contributed by atoms with Gasteiger partial charge in [-0.3, -0.25) is 4.90 Å². The van der Waals surface area contributed by atoms with E-state index in [1.165, 1.54) is 12.8 Å². The van der Waals surface area contributed by atoms with Crippen LogP contribution in [0.25, 0.3) is 5.52 Å². The van der Waals surface area contributed by atoms with Crippen LogP contribution in [-0.2, 0) is 4.74 Å². The Bertz CT molecular complexity index is 663. The first-order chi connectivity index (χ1) is 11.3. The molecule has 2 aromatic rings. The van der Waals surface area contributed by atoms with Crippen molar-refractivity contribution in [1.29, 1.82) is 0 Å². The highest BCUT2D eigenvalue weighted by Gasteiger charge is 2.27. The van der Waals surface area contributed by atoms with Crippen molar-refractivity contribution in [1.82, 2.24) is 24.5 Å². The number of nitrogens with zero attached hydrogens (tertiary/aromatic N) is 5. The van der Waals surface area contributed by atoms with E-state index >= 15 is 0 Å². The van der Waals surface area contributed by atoms with Crippen LogP contribution >= 0.6 is 11.6 Å².